The van der Waals surface area contributed by atoms with Crippen molar-refractivity contribution < 1.29 is 4.79 Å². The molecule has 0 radical (unpaired) electrons. The Kier molecular flexibility index (Phi) is 5.65. The van der Waals surface area contributed by atoms with Gasteiger partial charge in [0.2, 0.25) is 5.91 Å². The Hall–Kier alpha value is -1.55. The smallest absolute Gasteiger partial charge is 0.242 e. The Morgan fingerprint density at radius 1 is 1.17 bits per heavy atom. The molecule has 4 nitrogen and oxygen atoms in total. The number of anilines is 1. The summed E-state index contributed by atoms with van der Waals surface area (Å²) in [6.45, 7) is 6.46. The zero-order valence-corrected chi connectivity index (χ0v) is 11.5. The summed E-state index contributed by atoms with van der Waals surface area (Å²) >= 11 is 0. The maximum Gasteiger partial charge on any atom is 0.242 e. The number of carbonyl (C=O) groups excluding carboxylic acids is 1. The molecule has 100 valence electrons. The first-order valence-corrected chi connectivity index (χ1v) is 6.40. The normalized spacial score (nSPS) is 10.2. The Balaban J connectivity index is 2.63. The highest BCUT2D eigenvalue weighted by Crippen LogP contribution is 2.13. The van der Waals surface area contributed by atoms with Gasteiger partial charge in [0, 0.05) is 32.4 Å². The van der Waals surface area contributed by atoms with Gasteiger partial charge in [0.05, 0.1) is 6.54 Å². The zero-order chi connectivity index (χ0) is 13.5. The zero-order valence-electron chi connectivity index (χ0n) is 11.5. The van der Waals surface area contributed by atoms with E-state index in [1.165, 1.54) is 0 Å². The maximum absolute atomic E-state index is 12.0. The van der Waals surface area contributed by atoms with Crippen LogP contribution in [0, 0.1) is 0 Å². The van der Waals surface area contributed by atoms with Crippen LogP contribution in [0.4, 0.5) is 5.69 Å². The second-order valence-corrected chi connectivity index (χ2v) is 4.29. The fraction of sp³-hybridized carbons (Fsp3) is 0.500. The number of benzene rings is 1. The fourth-order valence-electron chi connectivity index (χ4n) is 1.86. The second kappa shape index (κ2) is 7.01. The summed E-state index contributed by atoms with van der Waals surface area (Å²) in [6.07, 6.45) is 0. The van der Waals surface area contributed by atoms with E-state index >= 15 is 0 Å². The van der Waals surface area contributed by atoms with Crippen molar-refractivity contribution in [3.05, 3.63) is 29.8 Å². The van der Waals surface area contributed by atoms with E-state index in [0.717, 1.165) is 24.3 Å². The number of hydrogen-bond donors (Lipinski definition) is 1. The molecule has 0 aliphatic heterocycles. The Labute approximate surface area is 109 Å². The lowest BCUT2D eigenvalue weighted by Crippen LogP contribution is -2.38. The summed E-state index contributed by atoms with van der Waals surface area (Å²) < 4.78 is 0. The van der Waals surface area contributed by atoms with Crippen LogP contribution in [0.1, 0.15) is 19.4 Å². The first-order chi connectivity index (χ1) is 8.62. The van der Waals surface area contributed by atoms with Crippen LogP contribution >= 0.6 is 0 Å². The van der Waals surface area contributed by atoms with Crippen molar-refractivity contribution in [3.63, 3.8) is 0 Å². The average molecular weight is 249 g/mol. The van der Waals surface area contributed by atoms with E-state index in [4.69, 9.17) is 5.73 Å². The van der Waals surface area contributed by atoms with Gasteiger partial charge in [0.15, 0.2) is 0 Å². The van der Waals surface area contributed by atoms with Gasteiger partial charge in [0.25, 0.3) is 0 Å². The number of amides is 1. The number of likely N-dealkylation sites (N-methyl/N-ethyl adjacent to an activating group) is 2. The van der Waals surface area contributed by atoms with Crippen molar-refractivity contribution in [1.82, 2.24) is 4.90 Å². The average Bonchev–Trinajstić information content (AvgIpc) is 2.40. The lowest BCUT2D eigenvalue weighted by molar-refractivity contribution is -0.129. The molecule has 0 unspecified atom stereocenters. The molecule has 1 aromatic carbocycles. The van der Waals surface area contributed by atoms with Gasteiger partial charge in [-0.25, -0.2) is 0 Å². The number of carbonyl (C=O) groups is 1. The van der Waals surface area contributed by atoms with Crippen molar-refractivity contribution in [3.8, 4) is 0 Å². The molecule has 0 atom stereocenters. The van der Waals surface area contributed by atoms with E-state index in [0.29, 0.717) is 13.1 Å². The molecule has 0 spiro atoms. The largest absolute Gasteiger partial charge is 0.365 e. The standard InChI is InChI=1S/C14H23N3O/c1-4-17(5-2)14(18)11-16(3)13-8-6-12(10-15)7-9-13/h6-9H,4-5,10-11,15H2,1-3H3. The van der Waals surface area contributed by atoms with Crippen LogP contribution in [0.2, 0.25) is 0 Å². The molecule has 0 heterocycles. The number of rotatable bonds is 6. The van der Waals surface area contributed by atoms with Crippen molar-refractivity contribution in [2.45, 2.75) is 20.4 Å². The predicted molar refractivity (Wildman–Crippen MR) is 75.5 cm³/mol. The molecular weight excluding hydrogens is 226 g/mol. The molecule has 0 saturated carbocycles. The monoisotopic (exact) mass is 249 g/mol. The summed E-state index contributed by atoms with van der Waals surface area (Å²) in [5, 5.41) is 0. The van der Waals surface area contributed by atoms with E-state index in [1.807, 2.05) is 55.0 Å². The Morgan fingerprint density at radius 3 is 2.17 bits per heavy atom. The van der Waals surface area contributed by atoms with E-state index < -0.39 is 0 Å². The van der Waals surface area contributed by atoms with Gasteiger partial charge in [0.1, 0.15) is 0 Å². The highest BCUT2D eigenvalue weighted by molar-refractivity contribution is 5.81. The lowest BCUT2D eigenvalue weighted by atomic mass is 10.2. The predicted octanol–water partition coefficient (Wildman–Crippen LogP) is 1.45. The quantitative estimate of drug-likeness (QED) is 0.830. The molecule has 0 saturated heterocycles. The van der Waals surface area contributed by atoms with Crippen LogP contribution in [-0.2, 0) is 11.3 Å². The number of nitrogens with zero attached hydrogens (tertiary/aromatic N) is 2. The van der Waals surface area contributed by atoms with Crippen molar-refractivity contribution in [2.75, 3.05) is 31.6 Å². The van der Waals surface area contributed by atoms with Crippen LogP contribution < -0.4 is 10.6 Å². The molecule has 0 aliphatic carbocycles. The molecule has 0 fully saturated rings. The van der Waals surface area contributed by atoms with Gasteiger partial charge in [-0.2, -0.15) is 0 Å². The SMILES string of the molecule is CCN(CC)C(=O)CN(C)c1ccc(CN)cc1. The second-order valence-electron chi connectivity index (χ2n) is 4.29. The topological polar surface area (TPSA) is 49.6 Å². The molecule has 0 bridgehead atoms. The van der Waals surface area contributed by atoms with Crippen LogP contribution in [-0.4, -0.2) is 37.5 Å². The van der Waals surface area contributed by atoms with E-state index in [-0.39, 0.29) is 5.91 Å². The third kappa shape index (κ3) is 3.74. The van der Waals surface area contributed by atoms with E-state index in [9.17, 15) is 4.79 Å². The van der Waals surface area contributed by atoms with E-state index in [1.54, 1.807) is 0 Å². The maximum atomic E-state index is 12.0. The summed E-state index contributed by atoms with van der Waals surface area (Å²) in [6, 6.07) is 7.98. The van der Waals surface area contributed by atoms with Crippen LogP contribution in [0.5, 0.6) is 0 Å². The molecule has 1 amide bonds. The molecule has 0 aliphatic rings. The minimum atomic E-state index is 0.158. The van der Waals surface area contributed by atoms with Crippen molar-refractivity contribution in [2.24, 2.45) is 5.73 Å². The summed E-state index contributed by atoms with van der Waals surface area (Å²) in [7, 11) is 1.93. The summed E-state index contributed by atoms with van der Waals surface area (Å²) in [5.41, 5.74) is 7.69. The fourth-order valence-corrected chi connectivity index (χ4v) is 1.86. The van der Waals surface area contributed by atoms with Crippen LogP contribution in [0.3, 0.4) is 0 Å². The van der Waals surface area contributed by atoms with Gasteiger partial charge >= 0.3 is 0 Å². The number of hydrogen-bond acceptors (Lipinski definition) is 3. The molecular formula is C14H23N3O. The van der Waals surface area contributed by atoms with Crippen molar-refractivity contribution in [1.29, 1.82) is 0 Å². The molecule has 4 heteroatoms. The van der Waals surface area contributed by atoms with Gasteiger partial charge in [-0.3, -0.25) is 4.79 Å². The van der Waals surface area contributed by atoms with Gasteiger partial charge in [-0.15, -0.1) is 0 Å². The lowest BCUT2D eigenvalue weighted by Gasteiger charge is -2.24. The summed E-state index contributed by atoms with van der Waals surface area (Å²) in [4.78, 5) is 15.8. The Bertz CT molecular complexity index is 371. The molecule has 18 heavy (non-hydrogen) atoms. The highest BCUT2D eigenvalue weighted by atomic mass is 16.2. The third-order valence-electron chi connectivity index (χ3n) is 3.10. The van der Waals surface area contributed by atoms with Crippen molar-refractivity contribution >= 4 is 11.6 Å². The van der Waals surface area contributed by atoms with Crippen LogP contribution in [0.15, 0.2) is 24.3 Å². The molecule has 1 aromatic rings. The molecule has 0 aromatic heterocycles. The minimum absolute atomic E-state index is 0.158. The first kappa shape index (κ1) is 14.5. The number of nitrogens with two attached hydrogens (primary N) is 1. The van der Waals surface area contributed by atoms with Gasteiger partial charge in [-0.1, -0.05) is 12.1 Å². The first-order valence-electron chi connectivity index (χ1n) is 6.40. The summed E-state index contributed by atoms with van der Waals surface area (Å²) in [5.74, 6) is 0.158. The van der Waals surface area contributed by atoms with Gasteiger partial charge in [-0.05, 0) is 31.5 Å². The highest BCUT2D eigenvalue weighted by Gasteiger charge is 2.12. The minimum Gasteiger partial charge on any atom is -0.365 e. The van der Waals surface area contributed by atoms with Gasteiger partial charge < -0.3 is 15.5 Å². The third-order valence-corrected chi connectivity index (χ3v) is 3.10. The van der Waals surface area contributed by atoms with Crippen LogP contribution in [0.25, 0.3) is 0 Å². The van der Waals surface area contributed by atoms with E-state index in [2.05, 4.69) is 0 Å². The Morgan fingerprint density at radius 2 is 1.72 bits per heavy atom. The molecule has 2 N–H and O–H groups in total. The molecule has 1 rings (SSSR count).